The zero-order valence-corrected chi connectivity index (χ0v) is 12.9. The van der Waals surface area contributed by atoms with Gasteiger partial charge in [0.1, 0.15) is 0 Å². The topological polar surface area (TPSA) is 53.9 Å². The molecule has 0 saturated carbocycles. The molecule has 0 aliphatic carbocycles. The van der Waals surface area contributed by atoms with Crippen LogP contribution in [0.2, 0.25) is 0 Å². The van der Waals surface area contributed by atoms with Gasteiger partial charge in [0.05, 0.1) is 4.21 Å². The van der Waals surface area contributed by atoms with Crippen LogP contribution >= 0.6 is 23.1 Å². The van der Waals surface area contributed by atoms with Gasteiger partial charge in [0.2, 0.25) is 11.9 Å². The quantitative estimate of drug-likeness (QED) is 0.884. The molecule has 19 heavy (non-hydrogen) atoms. The van der Waals surface area contributed by atoms with Crippen molar-refractivity contribution >= 4 is 35.0 Å². The number of nitrogens with zero attached hydrogens (tertiary/aromatic N) is 4. The van der Waals surface area contributed by atoms with Crippen molar-refractivity contribution in [3.05, 3.63) is 17.5 Å². The summed E-state index contributed by atoms with van der Waals surface area (Å²) in [4.78, 5) is 15.4. The van der Waals surface area contributed by atoms with Crippen molar-refractivity contribution in [3.63, 3.8) is 0 Å². The minimum absolute atomic E-state index is 0.607. The van der Waals surface area contributed by atoms with E-state index >= 15 is 0 Å². The lowest BCUT2D eigenvalue weighted by molar-refractivity contribution is 0.785. The van der Waals surface area contributed by atoms with Crippen molar-refractivity contribution in [2.24, 2.45) is 0 Å². The van der Waals surface area contributed by atoms with E-state index in [0.29, 0.717) is 5.95 Å². The molecule has 5 nitrogen and oxygen atoms in total. The fraction of sp³-hybridized carbons (Fsp3) is 0.417. The molecule has 0 saturated heterocycles. The van der Waals surface area contributed by atoms with E-state index in [-0.39, 0.29) is 0 Å². The van der Waals surface area contributed by atoms with Gasteiger partial charge in [-0.15, -0.1) is 11.3 Å². The Morgan fingerprint density at radius 2 is 2.05 bits per heavy atom. The van der Waals surface area contributed by atoms with Gasteiger partial charge in [-0.1, -0.05) is 6.07 Å². The van der Waals surface area contributed by atoms with Gasteiger partial charge in [-0.25, -0.2) is 0 Å². The maximum Gasteiger partial charge on any atom is 0.231 e. The Kier molecular flexibility index (Phi) is 4.98. The highest BCUT2D eigenvalue weighted by Crippen LogP contribution is 2.30. The molecule has 0 aliphatic rings. The first-order chi connectivity index (χ1) is 9.26. The van der Waals surface area contributed by atoms with Gasteiger partial charge in [-0.2, -0.15) is 15.0 Å². The Morgan fingerprint density at radius 1 is 1.26 bits per heavy atom. The molecule has 0 spiro atoms. The molecule has 0 aromatic carbocycles. The fourth-order valence-corrected chi connectivity index (χ4v) is 3.18. The smallest absolute Gasteiger partial charge is 0.231 e. The third-order valence-corrected chi connectivity index (χ3v) is 4.46. The maximum absolute atomic E-state index is 4.53. The van der Waals surface area contributed by atoms with E-state index < -0.39 is 0 Å². The lowest BCUT2D eigenvalue weighted by Gasteiger charge is -2.19. The lowest BCUT2D eigenvalue weighted by atomic mass is 10.5. The van der Waals surface area contributed by atoms with E-state index in [4.69, 9.17) is 0 Å². The number of hydrogen-bond acceptors (Lipinski definition) is 7. The third-order valence-electron chi connectivity index (χ3n) is 2.56. The summed E-state index contributed by atoms with van der Waals surface area (Å²) in [5.41, 5.74) is 0. The molecular formula is C12H17N5S2. The van der Waals surface area contributed by atoms with Crippen molar-refractivity contribution in [1.82, 2.24) is 15.0 Å². The Hall–Kier alpha value is -1.34. The van der Waals surface area contributed by atoms with E-state index in [2.05, 4.69) is 45.1 Å². The van der Waals surface area contributed by atoms with Gasteiger partial charge in [0.25, 0.3) is 0 Å². The van der Waals surface area contributed by atoms with E-state index in [9.17, 15) is 0 Å². The molecule has 0 aliphatic heterocycles. The van der Waals surface area contributed by atoms with E-state index in [1.807, 2.05) is 18.5 Å². The van der Waals surface area contributed by atoms with Crippen LogP contribution < -0.4 is 10.2 Å². The number of hydrogen-bond donors (Lipinski definition) is 1. The van der Waals surface area contributed by atoms with Crippen molar-refractivity contribution in [2.45, 2.75) is 23.2 Å². The van der Waals surface area contributed by atoms with Crippen LogP contribution in [0.25, 0.3) is 0 Å². The molecule has 0 fully saturated rings. The molecule has 7 heteroatoms. The zero-order chi connectivity index (χ0) is 13.7. The van der Waals surface area contributed by atoms with Gasteiger partial charge in [0, 0.05) is 20.1 Å². The number of rotatable bonds is 6. The van der Waals surface area contributed by atoms with Crippen LogP contribution in [0.3, 0.4) is 0 Å². The van der Waals surface area contributed by atoms with Gasteiger partial charge in [0.15, 0.2) is 5.16 Å². The van der Waals surface area contributed by atoms with Gasteiger partial charge >= 0.3 is 0 Å². The molecule has 0 radical (unpaired) electrons. The Bertz CT molecular complexity index is 511. The molecule has 0 unspecified atom stereocenters. The Labute approximate surface area is 121 Å². The van der Waals surface area contributed by atoms with Crippen LogP contribution in [-0.4, -0.2) is 35.1 Å². The molecule has 0 atom stereocenters. The van der Waals surface area contributed by atoms with Crippen molar-refractivity contribution in [3.8, 4) is 0 Å². The van der Waals surface area contributed by atoms with Gasteiger partial charge in [-0.3, -0.25) is 0 Å². The Balaban J connectivity index is 2.30. The van der Waals surface area contributed by atoms with E-state index in [1.54, 1.807) is 23.1 Å². The largest absolute Gasteiger partial charge is 0.357 e. The third kappa shape index (κ3) is 3.57. The van der Waals surface area contributed by atoms with E-state index in [0.717, 1.165) is 24.2 Å². The number of thiophene rings is 1. The van der Waals surface area contributed by atoms with Crippen molar-refractivity contribution < 1.29 is 0 Å². The molecule has 0 bridgehead atoms. The van der Waals surface area contributed by atoms with Crippen LogP contribution in [-0.2, 0) is 0 Å². The maximum atomic E-state index is 4.53. The number of aromatic nitrogens is 3. The summed E-state index contributed by atoms with van der Waals surface area (Å²) in [5.74, 6) is 1.33. The summed E-state index contributed by atoms with van der Waals surface area (Å²) in [6, 6.07) is 4.09. The normalized spacial score (nSPS) is 10.5. The zero-order valence-electron chi connectivity index (χ0n) is 11.3. The van der Waals surface area contributed by atoms with Crippen molar-refractivity contribution in [2.75, 3.05) is 30.4 Å². The van der Waals surface area contributed by atoms with Crippen LogP contribution in [0, 0.1) is 0 Å². The minimum Gasteiger partial charge on any atom is -0.357 e. The second kappa shape index (κ2) is 6.72. The highest BCUT2D eigenvalue weighted by atomic mass is 32.2. The summed E-state index contributed by atoms with van der Waals surface area (Å²) < 4.78 is 1.18. The molecule has 102 valence electrons. The summed E-state index contributed by atoms with van der Waals surface area (Å²) in [7, 11) is 1.82. The van der Waals surface area contributed by atoms with Crippen LogP contribution in [0.1, 0.15) is 13.8 Å². The summed E-state index contributed by atoms with van der Waals surface area (Å²) in [6.45, 7) is 5.95. The molecule has 0 amide bonds. The van der Waals surface area contributed by atoms with Crippen LogP contribution in [0.5, 0.6) is 0 Å². The summed E-state index contributed by atoms with van der Waals surface area (Å²) >= 11 is 3.25. The van der Waals surface area contributed by atoms with Gasteiger partial charge < -0.3 is 10.2 Å². The van der Waals surface area contributed by atoms with Gasteiger partial charge in [-0.05, 0) is 37.1 Å². The molecule has 2 heterocycles. The fourth-order valence-electron chi connectivity index (χ4n) is 1.56. The molecule has 1 N–H and O–H groups in total. The molecule has 2 aromatic heterocycles. The lowest BCUT2D eigenvalue weighted by Crippen LogP contribution is -2.25. The standard InChI is InChI=1S/C12H17N5S2/c1-4-17(5-2)11-14-10(13-3)15-12(16-11)19-9-7-6-8-18-9/h6-8H,4-5H2,1-3H3,(H,13,14,15,16). The molecular weight excluding hydrogens is 278 g/mol. The number of anilines is 2. The average Bonchev–Trinajstić information content (AvgIpc) is 2.93. The van der Waals surface area contributed by atoms with Crippen molar-refractivity contribution in [1.29, 1.82) is 0 Å². The van der Waals surface area contributed by atoms with E-state index in [1.165, 1.54) is 4.21 Å². The summed E-state index contributed by atoms with van der Waals surface area (Å²) in [5, 5.41) is 5.77. The first-order valence-electron chi connectivity index (χ1n) is 6.17. The highest BCUT2D eigenvalue weighted by Gasteiger charge is 2.11. The second-order valence-electron chi connectivity index (χ2n) is 3.70. The minimum atomic E-state index is 0.607. The van der Waals surface area contributed by atoms with Crippen LogP contribution in [0.4, 0.5) is 11.9 Å². The molecule has 2 rings (SSSR count). The second-order valence-corrected chi connectivity index (χ2v) is 5.91. The monoisotopic (exact) mass is 295 g/mol. The average molecular weight is 295 g/mol. The SMILES string of the molecule is CCN(CC)c1nc(NC)nc(Sc2cccs2)n1. The predicted molar refractivity (Wildman–Crippen MR) is 81.4 cm³/mol. The summed E-state index contributed by atoms with van der Waals surface area (Å²) in [6.07, 6.45) is 0. The first kappa shape index (κ1) is 14.1. The predicted octanol–water partition coefficient (Wildman–Crippen LogP) is 2.97. The van der Waals surface area contributed by atoms with Crippen LogP contribution in [0.15, 0.2) is 26.9 Å². The molecule has 2 aromatic rings. The first-order valence-corrected chi connectivity index (χ1v) is 7.86. The highest BCUT2D eigenvalue weighted by molar-refractivity contribution is 8.01. The Morgan fingerprint density at radius 3 is 2.63 bits per heavy atom. The number of nitrogens with one attached hydrogen (secondary N) is 1.